The predicted molar refractivity (Wildman–Crippen MR) is 97.9 cm³/mol. The number of carbonyl (C=O) groups excluding carboxylic acids is 2. The first-order chi connectivity index (χ1) is 11.4. The summed E-state index contributed by atoms with van der Waals surface area (Å²) >= 11 is 0. The third-order valence-corrected chi connectivity index (χ3v) is 4.22. The second-order valence-corrected chi connectivity index (χ2v) is 6.49. The monoisotopic (exact) mass is 333 g/mol. The van der Waals surface area contributed by atoms with Crippen LogP contribution < -0.4 is 16.0 Å². The lowest BCUT2D eigenvalue weighted by Gasteiger charge is -2.23. The van der Waals surface area contributed by atoms with E-state index in [0.29, 0.717) is 18.4 Å². The maximum atomic E-state index is 11.8. The van der Waals surface area contributed by atoms with Crippen LogP contribution in [0.4, 0.5) is 4.79 Å². The molecule has 1 aromatic rings. The van der Waals surface area contributed by atoms with Gasteiger partial charge < -0.3 is 10.6 Å². The van der Waals surface area contributed by atoms with Crippen LogP contribution in [0.1, 0.15) is 64.1 Å². The van der Waals surface area contributed by atoms with Gasteiger partial charge in [0, 0.05) is 12.6 Å². The average Bonchev–Trinajstić information content (AvgIpc) is 2.54. The first-order valence-electron chi connectivity index (χ1n) is 8.79. The molecule has 0 spiro atoms. The number of carbonyl (C=O) groups is 2. The van der Waals surface area contributed by atoms with Gasteiger partial charge in [-0.25, -0.2) is 4.79 Å². The molecular formula is C19H31N3O2. The van der Waals surface area contributed by atoms with Crippen LogP contribution in [0.15, 0.2) is 24.3 Å². The van der Waals surface area contributed by atoms with Gasteiger partial charge in [-0.2, -0.15) is 0 Å². The van der Waals surface area contributed by atoms with Gasteiger partial charge in [0.15, 0.2) is 0 Å². The highest BCUT2D eigenvalue weighted by atomic mass is 16.2. The Hall–Kier alpha value is -1.88. The van der Waals surface area contributed by atoms with Crippen LogP contribution in [0.25, 0.3) is 0 Å². The molecule has 3 amide bonds. The Bertz CT molecular complexity index is 526. The Morgan fingerprint density at radius 2 is 1.58 bits per heavy atom. The number of nitrogens with one attached hydrogen (secondary N) is 3. The minimum Gasteiger partial charge on any atom is -0.338 e. The van der Waals surface area contributed by atoms with Crippen LogP contribution in [0, 0.1) is 5.92 Å². The second kappa shape index (κ2) is 10.1. The van der Waals surface area contributed by atoms with E-state index in [2.05, 4.69) is 67.9 Å². The summed E-state index contributed by atoms with van der Waals surface area (Å²) in [5, 5.41) is 8.10. The minimum atomic E-state index is -0.455. The lowest BCUT2D eigenvalue weighted by atomic mass is 9.92. The summed E-state index contributed by atoms with van der Waals surface area (Å²) in [6.45, 7) is 11.0. The van der Waals surface area contributed by atoms with Gasteiger partial charge in [0.05, 0.1) is 6.54 Å². The molecule has 0 bridgehead atoms. The van der Waals surface area contributed by atoms with Crippen molar-refractivity contribution in [3.63, 3.8) is 0 Å². The Morgan fingerprint density at radius 3 is 2.08 bits per heavy atom. The molecule has 0 unspecified atom stereocenters. The van der Waals surface area contributed by atoms with Crippen LogP contribution in [0.2, 0.25) is 0 Å². The molecule has 0 heterocycles. The lowest BCUT2D eigenvalue weighted by Crippen LogP contribution is -2.44. The SMILES string of the molecule is CCNC(=O)NC(=O)CN[C@@H](c1ccc([C@H](C)CC)cc1)C(C)C. The summed E-state index contributed by atoms with van der Waals surface area (Å²) in [4.78, 5) is 23.2. The summed E-state index contributed by atoms with van der Waals surface area (Å²) in [6.07, 6.45) is 1.12. The Morgan fingerprint density at radius 1 is 1.00 bits per heavy atom. The molecule has 0 saturated heterocycles. The van der Waals surface area contributed by atoms with Gasteiger partial charge in [-0.05, 0) is 36.3 Å². The molecule has 0 fully saturated rings. The highest BCUT2D eigenvalue weighted by molar-refractivity contribution is 5.95. The quantitative estimate of drug-likeness (QED) is 0.683. The number of urea groups is 1. The predicted octanol–water partition coefficient (Wildman–Crippen LogP) is 3.33. The number of amides is 3. The van der Waals surface area contributed by atoms with Gasteiger partial charge in [-0.15, -0.1) is 0 Å². The zero-order valence-electron chi connectivity index (χ0n) is 15.5. The molecule has 0 aliphatic carbocycles. The van der Waals surface area contributed by atoms with E-state index in [1.165, 1.54) is 5.56 Å². The third kappa shape index (κ3) is 6.32. The zero-order valence-corrected chi connectivity index (χ0v) is 15.5. The van der Waals surface area contributed by atoms with E-state index >= 15 is 0 Å². The van der Waals surface area contributed by atoms with Crippen molar-refractivity contribution < 1.29 is 9.59 Å². The molecule has 1 rings (SSSR count). The van der Waals surface area contributed by atoms with Crippen molar-refractivity contribution in [3.05, 3.63) is 35.4 Å². The van der Waals surface area contributed by atoms with Crippen LogP contribution in [0.3, 0.4) is 0 Å². The fraction of sp³-hybridized carbons (Fsp3) is 0.579. The number of hydrogen-bond acceptors (Lipinski definition) is 3. The third-order valence-electron chi connectivity index (χ3n) is 4.22. The second-order valence-electron chi connectivity index (χ2n) is 6.49. The molecule has 5 nitrogen and oxygen atoms in total. The molecule has 1 aromatic carbocycles. The number of rotatable bonds is 8. The molecule has 0 aliphatic heterocycles. The smallest absolute Gasteiger partial charge is 0.321 e. The van der Waals surface area contributed by atoms with Crippen molar-refractivity contribution in [2.75, 3.05) is 13.1 Å². The van der Waals surface area contributed by atoms with Crippen LogP contribution in [-0.4, -0.2) is 25.0 Å². The number of imide groups is 1. The van der Waals surface area contributed by atoms with Crippen molar-refractivity contribution in [2.45, 2.75) is 53.0 Å². The lowest BCUT2D eigenvalue weighted by molar-refractivity contribution is -0.119. The van der Waals surface area contributed by atoms with Gasteiger partial charge in [-0.1, -0.05) is 52.0 Å². The summed E-state index contributed by atoms with van der Waals surface area (Å²) < 4.78 is 0. The Labute approximate surface area is 145 Å². The molecule has 134 valence electrons. The van der Waals surface area contributed by atoms with Crippen molar-refractivity contribution in [3.8, 4) is 0 Å². The molecule has 24 heavy (non-hydrogen) atoms. The average molecular weight is 333 g/mol. The summed E-state index contributed by atoms with van der Waals surface area (Å²) in [6, 6.07) is 8.19. The van der Waals surface area contributed by atoms with Crippen LogP contribution in [-0.2, 0) is 4.79 Å². The van der Waals surface area contributed by atoms with E-state index in [1.54, 1.807) is 6.92 Å². The standard InChI is InChI=1S/C19H31N3O2/c1-6-14(5)15-8-10-16(11-9-15)18(13(3)4)21-12-17(23)22-19(24)20-7-2/h8-11,13-14,18,21H,6-7,12H2,1-5H3,(H2,20,22,23,24)/t14-,18-/m1/s1. The first-order valence-corrected chi connectivity index (χ1v) is 8.79. The first kappa shape index (κ1) is 20.2. The van der Waals surface area contributed by atoms with Crippen molar-refractivity contribution >= 4 is 11.9 Å². The fourth-order valence-electron chi connectivity index (χ4n) is 2.58. The Kier molecular flexibility index (Phi) is 8.47. The van der Waals surface area contributed by atoms with E-state index in [4.69, 9.17) is 0 Å². The van der Waals surface area contributed by atoms with Crippen molar-refractivity contribution in [1.29, 1.82) is 0 Å². The number of benzene rings is 1. The Balaban J connectivity index is 2.67. The van der Waals surface area contributed by atoms with Gasteiger partial charge in [0.1, 0.15) is 0 Å². The molecule has 0 aromatic heterocycles. The zero-order chi connectivity index (χ0) is 18.1. The highest BCUT2D eigenvalue weighted by Gasteiger charge is 2.17. The summed E-state index contributed by atoms with van der Waals surface area (Å²) in [7, 11) is 0. The van der Waals surface area contributed by atoms with Gasteiger partial charge in [0.25, 0.3) is 0 Å². The molecule has 0 radical (unpaired) electrons. The van der Waals surface area contributed by atoms with Crippen LogP contribution in [0.5, 0.6) is 0 Å². The summed E-state index contributed by atoms with van der Waals surface area (Å²) in [5.74, 6) is 0.548. The normalized spacial score (nSPS) is 13.4. The molecular weight excluding hydrogens is 302 g/mol. The van der Waals surface area contributed by atoms with E-state index in [-0.39, 0.29) is 18.5 Å². The van der Waals surface area contributed by atoms with E-state index in [9.17, 15) is 9.59 Å². The maximum Gasteiger partial charge on any atom is 0.321 e. The highest BCUT2D eigenvalue weighted by Crippen LogP contribution is 2.25. The van der Waals surface area contributed by atoms with Gasteiger partial charge >= 0.3 is 6.03 Å². The number of hydrogen-bond donors (Lipinski definition) is 3. The molecule has 0 aliphatic rings. The van der Waals surface area contributed by atoms with Gasteiger partial charge in [-0.3, -0.25) is 10.1 Å². The van der Waals surface area contributed by atoms with Crippen molar-refractivity contribution in [1.82, 2.24) is 16.0 Å². The minimum absolute atomic E-state index is 0.0657. The topological polar surface area (TPSA) is 70.2 Å². The molecule has 5 heteroatoms. The van der Waals surface area contributed by atoms with Crippen LogP contribution >= 0.6 is 0 Å². The fourth-order valence-corrected chi connectivity index (χ4v) is 2.58. The van der Waals surface area contributed by atoms with Crippen molar-refractivity contribution in [2.24, 2.45) is 5.92 Å². The van der Waals surface area contributed by atoms with E-state index in [1.807, 2.05) is 0 Å². The molecule has 2 atom stereocenters. The largest absolute Gasteiger partial charge is 0.338 e. The molecule has 0 saturated carbocycles. The van der Waals surface area contributed by atoms with E-state index in [0.717, 1.165) is 12.0 Å². The van der Waals surface area contributed by atoms with Gasteiger partial charge in [0.2, 0.25) is 5.91 Å². The summed E-state index contributed by atoms with van der Waals surface area (Å²) in [5.41, 5.74) is 2.49. The van der Waals surface area contributed by atoms with E-state index < -0.39 is 6.03 Å². The molecule has 3 N–H and O–H groups in total. The maximum absolute atomic E-state index is 11.8.